The van der Waals surface area contributed by atoms with E-state index < -0.39 is 12.1 Å². The molecule has 0 saturated carbocycles. The predicted molar refractivity (Wildman–Crippen MR) is 141 cm³/mol. The van der Waals surface area contributed by atoms with E-state index in [0.29, 0.717) is 58.0 Å². The molecule has 0 unspecified atom stereocenters. The number of anilines is 1. The largest absolute Gasteiger partial charge is 0.497 e. The van der Waals surface area contributed by atoms with Crippen LogP contribution in [0.2, 0.25) is 10.0 Å². The van der Waals surface area contributed by atoms with Gasteiger partial charge in [0.1, 0.15) is 17.0 Å². The van der Waals surface area contributed by atoms with E-state index in [-0.39, 0.29) is 17.8 Å². The number of nitrogens with zero attached hydrogens (tertiary/aromatic N) is 5. The first kappa shape index (κ1) is 24.8. The van der Waals surface area contributed by atoms with Gasteiger partial charge in [0.25, 0.3) is 5.56 Å². The summed E-state index contributed by atoms with van der Waals surface area (Å²) in [5.41, 5.74) is 2.09. The molecule has 1 aliphatic rings. The maximum Gasteiger partial charge on any atom is 0.407 e. The Morgan fingerprint density at radius 1 is 1.16 bits per heavy atom. The molecule has 0 aliphatic carbocycles. The van der Waals surface area contributed by atoms with Gasteiger partial charge >= 0.3 is 6.09 Å². The van der Waals surface area contributed by atoms with Crippen molar-refractivity contribution in [3.8, 4) is 17.0 Å². The van der Waals surface area contributed by atoms with Crippen molar-refractivity contribution in [1.82, 2.24) is 24.4 Å². The molecule has 1 amide bonds. The zero-order valence-corrected chi connectivity index (χ0v) is 21.2. The Labute approximate surface area is 221 Å². The number of ether oxygens (including phenoxy) is 1. The first-order valence-electron chi connectivity index (χ1n) is 11.4. The van der Waals surface area contributed by atoms with E-state index in [1.54, 1.807) is 49.7 Å². The fourth-order valence-electron chi connectivity index (χ4n) is 4.32. The van der Waals surface area contributed by atoms with Gasteiger partial charge in [-0.25, -0.2) is 14.8 Å². The third-order valence-corrected chi connectivity index (χ3v) is 6.97. The fourth-order valence-corrected chi connectivity index (χ4v) is 4.64. The first-order chi connectivity index (χ1) is 17.8. The van der Waals surface area contributed by atoms with Crippen LogP contribution in [0.5, 0.6) is 5.75 Å². The number of aromatic nitrogens is 4. The number of nitrogens with one attached hydrogen (secondary N) is 1. The molecule has 3 heterocycles. The average Bonchev–Trinajstić information content (AvgIpc) is 3.39. The van der Waals surface area contributed by atoms with E-state index in [2.05, 4.69) is 20.3 Å². The highest BCUT2D eigenvalue weighted by atomic mass is 35.5. The number of benzene rings is 2. The Kier molecular flexibility index (Phi) is 6.86. The monoisotopic (exact) mass is 540 g/mol. The average molecular weight is 541 g/mol. The third-order valence-electron chi connectivity index (χ3n) is 6.23. The molecular formula is C25H22Cl2N6O4. The van der Waals surface area contributed by atoms with Gasteiger partial charge in [-0.3, -0.25) is 9.36 Å². The molecule has 2 aromatic heterocycles. The highest BCUT2D eigenvalue weighted by molar-refractivity contribution is 6.42. The van der Waals surface area contributed by atoms with Gasteiger partial charge in [0.2, 0.25) is 5.95 Å². The quantitative estimate of drug-likeness (QED) is 0.360. The number of halogens is 2. The van der Waals surface area contributed by atoms with E-state index in [9.17, 15) is 14.7 Å². The van der Waals surface area contributed by atoms with Crippen LogP contribution in [0, 0.1) is 0 Å². The van der Waals surface area contributed by atoms with Crippen LogP contribution in [0.15, 0.2) is 53.5 Å². The Balaban J connectivity index is 1.56. The molecule has 190 valence electrons. The van der Waals surface area contributed by atoms with Gasteiger partial charge in [0, 0.05) is 25.2 Å². The zero-order chi connectivity index (χ0) is 26.1. The van der Waals surface area contributed by atoms with Crippen molar-refractivity contribution in [2.75, 3.05) is 25.5 Å². The highest BCUT2D eigenvalue weighted by Gasteiger charge is 2.30. The van der Waals surface area contributed by atoms with E-state index >= 15 is 0 Å². The van der Waals surface area contributed by atoms with Crippen LogP contribution in [0.25, 0.3) is 22.4 Å². The van der Waals surface area contributed by atoms with Crippen molar-refractivity contribution < 1.29 is 14.6 Å². The van der Waals surface area contributed by atoms with Gasteiger partial charge in [-0.1, -0.05) is 29.3 Å². The molecule has 1 saturated heterocycles. The topological polar surface area (TPSA) is 122 Å². The Hall–Kier alpha value is -3.89. The summed E-state index contributed by atoms with van der Waals surface area (Å²) in [5.74, 6) is 0.942. The highest BCUT2D eigenvalue weighted by Crippen LogP contribution is 2.27. The molecule has 2 aromatic carbocycles. The van der Waals surface area contributed by atoms with Crippen LogP contribution in [0.4, 0.5) is 10.7 Å². The molecule has 12 heteroatoms. The number of likely N-dealkylation sites (tertiary alicyclic amines) is 1. The summed E-state index contributed by atoms with van der Waals surface area (Å²) in [7, 11) is 1.56. The lowest BCUT2D eigenvalue weighted by Crippen LogP contribution is -2.32. The second kappa shape index (κ2) is 10.2. The number of carbonyl (C=O) groups is 1. The number of rotatable bonds is 6. The lowest BCUT2D eigenvalue weighted by molar-refractivity contribution is 0.154. The van der Waals surface area contributed by atoms with Crippen LogP contribution >= 0.6 is 23.2 Å². The number of hydrogen-bond donors (Lipinski definition) is 2. The summed E-state index contributed by atoms with van der Waals surface area (Å²) >= 11 is 12.1. The lowest BCUT2D eigenvalue weighted by Gasteiger charge is -2.18. The number of methoxy groups -OCH3 is 1. The summed E-state index contributed by atoms with van der Waals surface area (Å²) in [4.78, 5) is 40.2. The van der Waals surface area contributed by atoms with Crippen LogP contribution in [0.1, 0.15) is 18.0 Å². The van der Waals surface area contributed by atoms with Gasteiger partial charge in [0.15, 0.2) is 5.65 Å². The zero-order valence-electron chi connectivity index (χ0n) is 19.7. The van der Waals surface area contributed by atoms with Crippen molar-refractivity contribution in [1.29, 1.82) is 0 Å². The Morgan fingerprint density at radius 3 is 2.62 bits per heavy atom. The molecule has 0 radical (unpaired) electrons. The van der Waals surface area contributed by atoms with Crippen molar-refractivity contribution in [2.45, 2.75) is 19.0 Å². The van der Waals surface area contributed by atoms with Crippen LogP contribution in [0.3, 0.4) is 0 Å². The van der Waals surface area contributed by atoms with Gasteiger partial charge in [0.05, 0.1) is 29.4 Å². The molecule has 2 N–H and O–H groups in total. The summed E-state index contributed by atoms with van der Waals surface area (Å²) in [6, 6.07) is 11.9. The number of fused-ring (bicyclic) bond motifs is 1. The summed E-state index contributed by atoms with van der Waals surface area (Å²) in [6.07, 6.45) is 0.999. The summed E-state index contributed by atoms with van der Waals surface area (Å²) < 4.78 is 6.76. The normalized spacial score (nSPS) is 15.2. The minimum atomic E-state index is -1.03. The molecule has 0 spiro atoms. The standard InChI is InChI=1S/C25H22Cl2N6O4/c1-37-17-5-3-15(4-6-17)21-23(34)33(16-8-9-32(13-16)25(35)36)22-20(30-21)12-29-24(31-22)28-11-14-2-7-18(26)19(27)10-14/h2-7,10,12,16H,8-9,11,13H2,1H3,(H,35,36)(H,28,29,31)/t16-/m1/s1. The smallest absolute Gasteiger partial charge is 0.407 e. The number of carboxylic acid groups (broad SMARTS) is 1. The molecule has 1 atom stereocenters. The summed E-state index contributed by atoms with van der Waals surface area (Å²) in [5, 5.41) is 13.5. The van der Waals surface area contributed by atoms with Crippen molar-refractivity contribution in [3.63, 3.8) is 0 Å². The van der Waals surface area contributed by atoms with Gasteiger partial charge in [-0.15, -0.1) is 0 Å². The van der Waals surface area contributed by atoms with E-state index in [1.165, 1.54) is 9.47 Å². The Bertz CT molecular complexity index is 1540. The van der Waals surface area contributed by atoms with Gasteiger partial charge < -0.3 is 20.1 Å². The van der Waals surface area contributed by atoms with E-state index in [0.717, 1.165) is 5.56 Å². The second-order valence-electron chi connectivity index (χ2n) is 8.54. The van der Waals surface area contributed by atoms with Crippen LogP contribution < -0.4 is 15.6 Å². The second-order valence-corrected chi connectivity index (χ2v) is 9.35. The predicted octanol–water partition coefficient (Wildman–Crippen LogP) is 4.71. The summed E-state index contributed by atoms with van der Waals surface area (Å²) in [6.45, 7) is 0.869. The van der Waals surface area contributed by atoms with E-state index in [1.807, 2.05) is 6.07 Å². The Morgan fingerprint density at radius 2 is 1.95 bits per heavy atom. The van der Waals surface area contributed by atoms with Crippen molar-refractivity contribution >= 4 is 46.4 Å². The molecule has 5 rings (SSSR count). The molecule has 10 nitrogen and oxygen atoms in total. The molecule has 37 heavy (non-hydrogen) atoms. The minimum absolute atomic E-state index is 0.173. The number of amides is 1. The van der Waals surface area contributed by atoms with Crippen molar-refractivity contribution in [3.05, 3.63) is 74.6 Å². The fraction of sp³-hybridized carbons (Fsp3) is 0.240. The van der Waals surface area contributed by atoms with Crippen LogP contribution in [-0.2, 0) is 6.54 Å². The number of hydrogen-bond acceptors (Lipinski definition) is 7. The third kappa shape index (κ3) is 5.03. The van der Waals surface area contributed by atoms with Crippen LogP contribution in [-0.4, -0.2) is 55.8 Å². The SMILES string of the molecule is COc1ccc(-c2nc3cnc(NCc4ccc(Cl)c(Cl)c4)nc3n([C@@H]3CCN(C(=O)O)C3)c2=O)cc1. The van der Waals surface area contributed by atoms with Gasteiger partial charge in [-0.2, -0.15) is 4.98 Å². The van der Waals surface area contributed by atoms with Crippen molar-refractivity contribution in [2.24, 2.45) is 0 Å². The molecule has 1 aliphatic heterocycles. The molecule has 4 aromatic rings. The first-order valence-corrected chi connectivity index (χ1v) is 12.2. The molecule has 0 bridgehead atoms. The molecular weight excluding hydrogens is 519 g/mol. The minimum Gasteiger partial charge on any atom is -0.497 e. The van der Waals surface area contributed by atoms with E-state index in [4.69, 9.17) is 27.9 Å². The van der Waals surface area contributed by atoms with Gasteiger partial charge in [-0.05, 0) is 48.4 Å². The maximum atomic E-state index is 13.8. The lowest BCUT2D eigenvalue weighted by atomic mass is 10.1. The maximum absolute atomic E-state index is 13.8. The molecule has 1 fully saturated rings.